The van der Waals surface area contributed by atoms with Crippen LogP contribution in [0.15, 0.2) is 29.8 Å². The van der Waals surface area contributed by atoms with Crippen LogP contribution in [0.25, 0.3) is 0 Å². The lowest BCUT2D eigenvalue weighted by Gasteiger charge is -2.38. The Bertz CT molecular complexity index is 741. The minimum absolute atomic E-state index is 0.153. The average molecular weight is 392 g/mol. The third-order valence-corrected chi connectivity index (χ3v) is 5.94. The number of nitrogens with zero attached hydrogens (tertiary/aromatic N) is 3. The van der Waals surface area contributed by atoms with Gasteiger partial charge in [-0.25, -0.2) is 0 Å². The molecule has 1 unspecified atom stereocenters. The van der Waals surface area contributed by atoms with Crippen molar-refractivity contribution in [2.75, 3.05) is 26.2 Å². The van der Waals surface area contributed by atoms with E-state index in [4.69, 9.17) is 28.5 Å². The lowest BCUT2D eigenvalue weighted by atomic mass is 10.00. The molecule has 4 nitrogen and oxygen atoms in total. The van der Waals surface area contributed by atoms with Gasteiger partial charge in [0, 0.05) is 38.3 Å². The molecule has 2 aliphatic rings. The van der Waals surface area contributed by atoms with Crippen molar-refractivity contribution >= 4 is 29.1 Å². The van der Waals surface area contributed by atoms with Crippen molar-refractivity contribution in [2.24, 2.45) is 0 Å². The lowest BCUT2D eigenvalue weighted by molar-refractivity contribution is -0.134. The van der Waals surface area contributed by atoms with E-state index < -0.39 is 0 Å². The van der Waals surface area contributed by atoms with Crippen LogP contribution in [0.2, 0.25) is 10.0 Å². The maximum Gasteiger partial charge on any atom is 0.227 e. The normalized spacial score (nSPS) is 22.6. The summed E-state index contributed by atoms with van der Waals surface area (Å²) in [6.07, 6.45) is 6.23. The van der Waals surface area contributed by atoms with E-state index >= 15 is 0 Å². The highest BCUT2D eigenvalue weighted by Crippen LogP contribution is 2.25. The predicted molar refractivity (Wildman–Crippen MR) is 104 cm³/mol. The summed E-state index contributed by atoms with van der Waals surface area (Å²) in [5.41, 5.74) is 2.09. The molecule has 26 heavy (non-hydrogen) atoms. The zero-order valence-electron chi connectivity index (χ0n) is 14.8. The maximum atomic E-state index is 12.9. The smallest absolute Gasteiger partial charge is 0.227 e. The van der Waals surface area contributed by atoms with Crippen LogP contribution < -0.4 is 0 Å². The van der Waals surface area contributed by atoms with Crippen LogP contribution in [-0.4, -0.2) is 47.9 Å². The number of carbonyl (C=O) groups excluding carboxylic acids is 1. The molecule has 3 rings (SSSR count). The van der Waals surface area contributed by atoms with Gasteiger partial charge in [-0.3, -0.25) is 9.69 Å². The fraction of sp³-hybridized carbons (Fsp3) is 0.500. The van der Waals surface area contributed by atoms with Gasteiger partial charge in [0.2, 0.25) is 5.91 Å². The predicted octanol–water partition coefficient (Wildman–Crippen LogP) is 4.07. The zero-order valence-corrected chi connectivity index (χ0v) is 16.3. The number of amides is 1. The lowest BCUT2D eigenvalue weighted by Crippen LogP contribution is -2.49. The molecule has 2 fully saturated rings. The summed E-state index contributed by atoms with van der Waals surface area (Å²) >= 11 is 12.0. The second kappa shape index (κ2) is 8.90. The summed E-state index contributed by atoms with van der Waals surface area (Å²) in [5, 5.41) is 9.81. The molecule has 2 aliphatic heterocycles. The van der Waals surface area contributed by atoms with E-state index in [9.17, 15) is 4.79 Å². The highest BCUT2D eigenvalue weighted by molar-refractivity contribution is 6.42. The number of nitriles is 1. The highest BCUT2D eigenvalue weighted by Gasteiger charge is 2.29. The average Bonchev–Trinajstić information content (AvgIpc) is 3.06. The standard InChI is InChI=1S/C20H23Cl2N3O/c21-18-5-4-16(11-19(18)22)12-20(26)25-9-2-1-3-17(25)14-24-10-7-15(13-24)6-8-23/h4-6,11,17H,1-3,7,9-10,12-14H2/b15-6-. The molecule has 6 heteroatoms. The van der Waals surface area contributed by atoms with E-state index in [1.54, 1.807) is 18.2 Å². The molecule has 0 bridgehead atoms. The van der Waals surface area contributed by atoms with E-state index in [0.29, 0.717) is 16.5 Å². The van der Waals surface area contributed by atoms with E-state index in [1.165, 1.54) is 5.57 Å². The number of hydrogen-bond donors (Lipinski definition) is 0. The van der Waals surface area contributed by atoms with Gasteiger partial charge < -0.3 is 4.90 Å². The number of carbonyl (C=O) groups is 1. The van der Waals surface area contributed by atoms with Gasteiger partial charge in [-0.15, -0.1) is 0 Å². The Morgan fingerprint density at radius 1 is 1.27 bits per heavy atom. The van der Waals surface area contributed by atoms with Crippen molar-refractivity contribution < 1.29 is 4.79 Å². The number of hydrogen-bond acceptors (Lipinski definition) is 3. The Balaban J connectivity index is 1.63. The van der Waals surface area contributed by atoms with Crippen LogP contribution in [0.1, 0.15) is 31.2 Å². The third kappa shape index (κ3) is 4.79. The second-order valence-electron chi connectivity index (χ2n) is 7.08. The Labute approximate surface area is 165 Å². The Morgan fingerprint density at radius 2 is 2.12 bits per heavy atom. The first-order valence-electron chi connectivity index (χ1n) is 9.10. The SMILES string of the molecule is N#C/C=C1/CCN(CC2CCCCN2C(=O)Cc2ccc(Cl)c(Cl)c2)C1. The van der Waals surface area contributed by atoms with Crippen LogP contribution in [0, 0.1) is 11.3 Å². The summed E-state index contributed by atoms with van der Waals surface area (Å²) in [7, 11) is 0. The van der Waals surface area contributed by atoms with Crippen LogP contribution in [0.4, 0.5) is 0 Å². The van der Waals surface area contributed by atoms with Gasteiger partial charge in [-0.05, 0) is 49.0 Å². The molecule has 1 aromatic rings. The second-order valence-corrected chi connectivity index (χ2v) is 7.89. The largest absolute Gasteiger partial charge is 0.338 e. The number of likely N-dealkylation sites (tertiary alicyclic amines) is 2. The van der Waals surface area contributed by atoms with Crippen LogP contribution in [0.3, 0.4) is 0 Å². The summed E-state index contributed by atoms with van der Waals surface area (Å²) < 4.78 is 0. The van der Waals surface area contributed by atoms with Gasteiger partial charge in [0.15, 0.2) is 0 Å². The Kier molecular flexibility index (Phi) is 6.58. The van der Waals surface area contributed by atoms with E-state index in [1.807, 2.05) is 11.0 Å². The summed E-state index contributed by atoms with van der Waals surface area (Å²) in [4.78, 5) is 17.3. The minimum Gasteiger partial charge on any atom is -0.338 e. The molecule has 0 saturated carbocycles. The van der Waals surface area contributed by atoms with Crippen LogP contribution in [0.5, 0.6) is 0 Å². The van der Waals surface area contributed by atoms with Gasteiger partial charge in [0.1, 0.15) is 0 Å². The molecule has 0 spiro atoms. The third-order valence-electron chi connectivity index (χ3n) is 5.20. The minimum atomic E-state index is 0.153. The fourth-order valence-corrected chi connectivity index (χ4v) is 4.18. The van der Waals surface area contributed by atoms with Gasteiger partial charge >= 0.3 is 0 Å². The molecule has 0 radical (unpaired) electrons. The molecule has 2 heterocycles. The molecule has 1 atom stereocenters. The molecule has 1 aromatic carbocycles. The van der Waals surface area contributed by atoms with Crippen molar-refractivity contribution in [3.05, 3.63) is 45.5 Å². The van der Waals surface area contributed by atoms with E-state index in [-0.39, 0.29) is 11.9 Å². The zero-order chi connectivity index (χ0) is 18.5. The van der Waals surface area contributed by atoms with Crippen molar-refractivity contribution in [3.8, 4) is 6.07 Å². The highest BCUT2D eigenvalue weighted by atomic mass is 35.5. The molecular weight excluding hydrogens is 369 g/mol. The first-order valence-corrected chi connectivity index (χ1v) is 9.85. The number of halogens is 2. The van der Waals surface area contributed by atoms with Crippen LogP contribution in [-0.2, 0) is 11.2 Å². The summed E-state index contributed by atoms with van der Waals surface area (Å²) in [5.74, 6) is 0.153. The molecule has 0 aliphatic carbocycles. The van der Waals surface area contributed by atoms with Crippen molar-refractivity contribution in [1.82, 2.24) is 9.80 Å². The van der Waals surface area contributed by atoms with Crippen LogP contribution >= 0.6 is 23.2 Å². The molecule has 138 valence electrons. The van der Waals surface area contributed by atoms with Gasteiger partial charge in [0.05, 0.1) is 22.5 Å². The monoisotopic (exact) mass is 391 g/mol. The molecule has 1 amide bonds. The van der Waals surface area contributed by atoms with Crippen molar-refractivity contribution in [1.29, 1.82) is 5.26 Å². The number of rotatable bonds is 4. The first kappa shape index (κ1) is 19.2. The molecule has 0 N–H and O–H groups in total. The maximum absolute atomic E-state index is 12.9. The Hall–Kier alpha value is -1.54. The number of piperidine rings is 1. The number of allylic oxidation sites excluding steroid dienone is 1. The summed E-state index contributed by atoms with van der Waals surface area (Å²) in [6, 6.07) is 7.76. The molecule has 0 aromatic heterocycles. The Morgan fingerprint density at radius 3 is 2.88 bits per heavy atom. The molecular formula is C20H23Cl2N3O. The topological polar surface area (TPSA) is 47.3 Å². The quantitative estimate of drug-likeness (QED) is 0.726. The van der Waals surface area contributed by atoms with Gasteiger partial charge in [-0.2, -0.15) is 5.26 Å². The summed E-state index contributed by atoms with van der Waals surface area (Å²) in [6.45, 7) is 3.52. The molecule has 2 saturated heterocycles. The van der Waals surface area contributed by atoms with Crippen molar-refractivity contribution in [3.63, 3.8) is 0 Å². The van der Waals surface area contributed by atoms with E-state index in [2.05, 4.69) is 11.0 Å². The van der Waals surface area contributed by atoms with Crippen molar-refractivity contribution in [2.45, 2.75) is 38.1 Å². The van der Waals surface area contributed by atoms with E-state index in [0.717, 1.165) is 57.4 Å². The van der Waals surface area contributed by atoms with Gasteiger partial charge in [0.25, 0.3) is 0 Å². The van der Waals surface area contributed by atoms with Gasteiger partial charge in [-0.1, -0.05) is 29.3 Å². The fourth-order valence-electron chi connectivity index (χ4n) is 3.85. The number of benzene rings is 1. The first-order chi connectivity index (χ1) is 12.6.